The molecular formula is C19H21Cl2NOTi. The van der Waals surface area contributed by atoms with Crippen molar-refractivity contribution in [1.29, 1.82) is 0 Å². The molecule has 2 nitrogen and oxygen atoms in total. The third-order valence-corrected chi connectivity index (χ3v) is 5.45. The molecule has 0 aromatic heterocycles. The van der Waals surface area contributed by atoms with Crippen molar-refractivity contribution in [2.24, 2.45) is 0 Å². The van der Waals surface area contributed by atoms with Crippen LogP contribution in [0.5, 0.6) is 0 Å². The molecule has 0 unspecified atom stereocenters. The largest absolute Gasteiger partial charge is 1.00 e. The minimum absolute atomic E-state index is 0. The van der Waals surface area contributed by atoms with Gasteiger partial charge in [0.1, 0.15) is 0 Å². The van der Waals surface area contributed by atoms with Gasteiger partial charge in [-0.05, 0) is 0 Å². The summed E-state index contributed by atoms with van der Waals surface area (Å²) in [7, 11) is 6.08. The second-order valence-electron chi connectivity index (χ2n) is 5.86. The van der Waals surface area contributed by atoms with E-state index in [1.165, 1.54) is 31.4 Å². The molecule has 2 aromatic carbocycles. The zero-order valence-corrected chi connectivity index (χ0v) is 17.2. The average molecular weight is 398 g/mol. The second-order valence-corrected chi connectivity index (χ2v) is 7.60. The average Bonchev–Trinajstić information content (AvgIpc) is 2.95. The van der Waals surface area contributed by atoms with E-state index in [1.54, 1.807) is 0 Å². The number of likely N-dealkylation sites (N-methyl/N-ethyl adjacent to an activating group) is 1. The van der Waals surface area contributed by atoms with Gasteiger partial charge < -0.3 is 24.8 Å². The molecule has 0 heterocycles. The van der Waals surface area contributed by atoms with Gasteiger partial charge in [-0.25, -0.2) is 0 Å². The van der Waals surface area contributed by atoms with Crippen LogP contribution >= 0.6 is 0 Å². The summed E-state index contributed by atoms with van der Waals surface area (Å²) in [5.41, 5.74) is 4.29. The third-order valence-electron chi connectivity index (χ3n) is 3.97. The van der Waals surface area contributed by atoms with Gasteiger partial charge in [0, 0.05) is 0 Å². The maximum absolute atomic E-state index is 5.62. The van der Waals surface area contributed by atoms with Crippen molar-refractivity contribution in [3.8, 4) is 0 Å². The van der Waals surface area contributed by atoms with E-state index >= 15 is 0 Å². The van der Waals surface area contributed by atoms with Gasteiger partial charge in [-0.15, -0.1) is 0 Å². The molecule has 3 rings (SSSR count). The van der Waals surface area contributed by atoms with Gasteiger partial charge in [0.05, 0.1) is 0 Å². The molecule has 1 aliphatic rings. The van der Waals surface area contributed by atoms with Crippen molar-refractivity contribution in [2.45, 2.75) is 6.42 Å². The van der Waals surface area contributed by atoms with Crippen molar-refractivity contribution in [2.75, 3.05) is 27.7 Å². The van der Waals surface area contributed by atoms with Gasteiger partial charge in [-0.1, -0.05) is 0 Å². The van der Waals surface area contributed by atoms with Crippen LogP contribution in [0.15, 0.2) is 54.1 Å². The fourth-order valence-electron chi connectivity index (χ4n) is 3.06. The molecule has 0 spiro atoms. The Morgan fingerprint density at radius 3 is 2.54 bits per heavy atom. The summed E-state index contributed by atoms with van der Waals surface area (Å²) in [6.07, 6.45) is 5.59. The molecule has 0 saturated carbocycles. The molecule has 2 aromatic rings. The summed E-state index contributed by atoms with van der Waals surface area (Å²) in [4.78, 5) is 2.23. The summed E-state index contributed by atoms with van der Waals surface area (Å²) < 4.78 is 7.05. The molecule has 126 valence electrons. The number of benzene rings is 2. The quantitative estimate of drug-likeness (QED) is 0.513. The van der Waals surface area contributed by atoms with E-state index in [2.05, 4.69) is 67.5 Å². The zero-order chi connectivity index (χ0) is 15.5. The fraction of sp³-hybridized carbons (Fsp3) is 0.263. The Morgan fingerprint density at radius 2 is 1.83 bits per heavy atom. The number of hydrogen-bond donors (Lipinski definition) is 0. The van der Waals surface area contributed by atoms with Crippen LogP contribution in [0.25, 0.3) is 16.3 Å². The van der Waals surface area contributed by atoms with Crippen LogP contribution < -0.4 is 28.7 Å². The van der Waals surface area contributed by atoms with Gasteiger partial charge >= 0.3 is 142 Å². The summed E-state index contributed by atoms with van der Waals surface area (Å²) >= 11 is -0.575. The topological polar surface area (TPSA) is 12.5 Å². The molecule has 0 aliphatic heterocycles. The predicted molar refractivity (Wildman–Crippen MR) is 89.8 cm³/mol. The number of fused-ring (bicyclic) bond motifs is 1. The summed E-state index contributed by atoms with van der Waals surface area (Å²) in [6.45, 7) is 0.991. The van der Waals surface area contributed by atoms with Crippen LogP contribution in [0, 0.1) is 0 Å². The minimum Gasteiger partial charge on any atom is -1.00 e. The molecule has 1 aliphatic carbocycles. The molecule has 5 heteroatoms. The van der Waals surface area contributed by atoms with Crippen molar-refractivity contribution in [3.05, 3.63) is 59.7 Å². The monoisotopic (exact) mass is 397 g/mol. The predicted octanol–water partition coefficient (Wildman–Crippen LogP) is -2.61. The standard InChI is InChI=1S/C18H18N.CH3O.2ClH.Ti/c1-19(2)13-17-8-5-9-18(17)16-11-10-14-6-3-4-7-15(14)12-16;1-2;;;/h3-8,10-11H,9,13H2,1-2H3;1H3;2*1H;/q;-1;;;+3/p-2. The molecule has 24 heavy (non-hydrogen) atoms. The fourth-order valence-corrected chi connectivity index (χ4v) is 4.44. The van der Waals surface area contributed by atoms with E-state index < -0.39 is 19.5 Å². The van der Waals surface area contributed by atoms with Crippen molar-refractivity contribution in [1.82, 2.24) is 4.90 Å². The van der Waals surface area contributed by atoms with E-state index in [4.69, 9.17) is 3.32 Å². The van der Waals surface area contributed by atoms with Crippen LogP contribution in [0.2, 0.25) is 0 Å². The van der Waals surface area contributed by atoms with Gasteiger partial charge in [-0.2, -0.15) is 0 Å². The molecule has 0 amide bonds. The van der Waals surface area contributed by atoms with Crippen molar-refractivity contribution < 1.29 is 47.7 Å². The normalized spacial score (nSPS) is 13.0. The van der Waals surface area contributed by atoms with Gasteiger partial charge in [0.25, 0.3) is 0 Å². The van der Waals surface area contributed by atoms with Crippen molar-refractivity contribution in [3.63, 3.8) is 0 Å². The maximum atomic E-state index is 5.62. The maximum Gasteiger partial charge on any atom is -1.00 e. The Labute approximate surface area is 166 Å². The summed E-state index contributed by atoms with van der Waals surface area (Å²) in [5, 5.41) is 2.66. The smallest absolute Gasteiger partial charge is 1.00 e. The first kappa shape index (κ1) is 21.4. The third kappa shape index (κ3) is 4.52. The Kier molecular flexibility index (Phi) is 8.72. The molecule has 0 N–H and O–H groups in total. The molecule has 0 radical (unpaired) electrons. The van der Waals surface area contributed by atoms with E-state index in [9.17, 15) is 0 Å². The van der Waals surface area contributed by atoms with Gasteiger partial charge in [0.2, 0.25) is 0 Å². The van der Waals surface area contributed by atoms with Gasteiger partial charge in [-0.3, -0.25) is 0 Å². The van der Waals surface area contributed by atoms with E-state index in [1.807, 2.05) is 7.11 Å². The Bertz CT molecular complexity index is 756. The number of nitrogens with zero attached hydrogens (tertiary/aromatic N) is 1. The second kappa shape index (κ2) is 9.77. The van der Waals surface area contributed by atoms with Crippen LogP contribution in [0.4, 0.5) is 0 Å². The number of rotatable bonds is 5. The molecule has 0 saturated heterocycles. The summed E-state index contributed by atoms with van der Waals surface area (Å²) in [5.74, 6) is 0. The van der Waals surface area contributed by atoms with Crippen LogP contribution in [0.3, 0.4) is 0 Å². The first-order valence-corrected chi connectivity index (χ1v) is 8.97. The van der Waals surface area contributed by atoms with Crippen LogP contribution in [0.1, 0.15) is 12.0 Å². The first-order valence-electron chi connectivity index (χ1n) is 7.55. The Morgan fingerprint density at radius 1 is 1.08 bits per heavy atom. The number of halogens is 2. The first-order chi connectivity index (χ1) is 10.7. The summed E-state index contributed by atoms with van der Waals surface area (Å²) in [6, 6.07) is 13.2. The van der Waals surface area contributed by atoms with Crippen LogP contribution in [-0.4, -0.2) is 32.6 Å². The molecule has 0 fully saturated rings. The Hall–Kier alpha value is -0.606. The Balaban J connectivity index is 0.00000144. The molecular weight excluding hydrogens is 377 g/mol. The SMILES string of the molecule is C[O][Ti+2][c]1c(C2=C(CN(C)C)C=CC2)ccc2ccccc12.[Cl-].[Cl-]. The van der Waals surface area contributed by atoms with E-state index in [0.717, 1.165) is 13.0 Å². The van der Waals surface area contributed by atoms with Gasteiger partial charge in [0.15, 0.2) is 0 Å². The minimum atomic E-state index is -0.575. The number of hydrogen-bond acceptors (Lipinski definition) is 2. The van der Waals surface area contributed by atoms with Crippen LogP contribution in [-0.2, 0) is 22.9 Å². The number of allylic oxidation sites excluding steroid dienone is 2. The molecule has 0 bridgehead atoms. The zero-order valence-electron chi connectivity index (χ0n) is 14.1. The van der Waals surface area contributed by atoms with E-state index in [0.29, 0.717) is 0 Å². The van der Waals surface area contributed by atoms with E-state index in [-0.39, 0.29) is 24.8 Å². The van der Waals surface area contributed by atoms with Crippen molar-refractivity contribution >= 4 is 20.2 Å². The molecule has 0 atom stereocenters.